The summed E-state index contributed by atoms with van der Waals surface area (Å²) < 4.78 is 11.0. The van der Waals surface area contributed by atoms with Gasteiger partial charge in [0.1, 0.15) is 17.1 Å². The van der Waals surface area contributed by atoms with Gasteiger partial charge in [-0.3, -0.25) is 4.79 Å². The molecule has 1 saturated carbocycles. The van der Waals surface area contributed by atoms with E-state index >= 15 is 0 Å². The second-order valence-corrected chi connectivity index (χ2v) is 9.95. The van der Waals surface area contributed by atoms with Crippen LogP contribution in [0.4, 0.5) is 5.69 Å². The molecule has 0 saturated heterocycles. The van der Waals surface area contributed by atoms with Gasteiger partial charge in [0.15, 0.2) is 5.76 Å². The summed E-state index contributed by atoms with van der Waals surface area (Å²) in [6.45, 7) is 4.12. The van der Waals surface area contributed by atoms with Crippen LogP contribution in [0.25, 0.3) is 22.5 Å². The molecule has 1 aromatic heterocycles. The van der Waals surface area contributed by atoms with Crippen LogP contribution in [0.3, 0.4) is 0 Å². The molecule has 0 aliphatic heterocycles. The number of nitrogens with one attached hydrogen (secondary N) is 1. The van der Waals surface area contributed by atoms with E-state index in [1.807, 2.05) is 55.5 Å². The van der Waals surface area contributed by atoms with E-state index in [4.69, 9.17) is 9.26 Å². The van der Waals surface area contributed by atoms with Crippen LogP contribution in [0, 0.1) is 6.92 Å². The number of methoxy groups -OCH3 is 1. The summed E-state index contributed by atoms with van der Waals surface area (Å²) in [6.07, 6.45) is 3.35. The maximum atomic E-state index is 11.6. The number of aryl methyl sites for hydroxylation is 2. The molecule has 5 rings (SSSR count). The van der Waals surface area contributed by atoms with Gasteiger partial charge in [-0.1, -0.05) is 65.8 Å². The lowest BCUT2D eigenvalue weighted by atomic mass is 9.93. The Bertz CT molecular complexity index is 1370. The fourth-order valence-corrected chi connectivity index (χ4v) is 4.78. The van der Waals surface area contributed by atoms with Crippen molar-refractivity contribution in [1.29, 1.82) is 0 Å². The molecular weight excluding hydrogens is 464 g/mol. The predicted molar refractivity (Wildman–Crippen MR) is 145 cm³/mol. The zero-order valence-corrected chi connectivity index (χ0v) is 21.5. The van der Waals surface area contributed by atoms with Crippen LogP contribution in [0.1, 0.15) is 43.0 Å². The smallest absolute Gasteiger partial charge is 0.314 e. The highest BCUT2D eigenvalue weighted by Gasteiger charge is 2.51. The molecule has 1 aliphatic rings. The van der Waals surface area contributed by atoms with Crippen molar-refractivity contribution in [3.8, 4) is 28.2 Å². The van der Waals surface area contributed by atoms with Crippen molar-refractivity contribution in [2.75, 3.05) is 12.4 Å². The number of nitrogens with zero attached hydrogens (tertiary/aromatic N) is 1. The Hall–Kier alpha value is -4.06. The Morgan fingerprint density at radius 3 is 2.16 bits per heavy atom. The van der Waals surface area contributed by atoms with Gasteiger partial charge in [0, 0.05) is 11.6 Å². The predicted octanol–water partition coefficient (Wildman–Crippen LogP) is 6.88. The van der Waals surface area contributed by atoms with Crippen molar-refractivity contribution in [3.05, 3.63) is 89.6 Å². The van der Waals surface area contributed by atoms with Gasteiger partial charge in [-0.15, -0.1) is 0 Å². The molecule has 190 valence electrons. The summed E-state index contributed by atoms with van der Waals surface area (Å²) in [5.74, 6) is 0.867. The van der Waals surface area contributed by atoms with E-state index in [1.165, 1.54) is 5.56 Å². The van der Waals surface area contributed by atoms with Crippen molar-refractivity contribution in [3.63, 3.8) is 0 Å². The molecule has 6 heteroatoms. The summed E-state index contributed by atoms with van der Waals surface area (Å²) in [7, 11) is 1.68. The number of carbonyl (C=O) groups is 1. The number of hydrogen-bond donors (Lipinski definition) is 2. The fourth-order valence-electron chi connectivity index (χ4n) is 4.78. The maximum absolute atomic E-state index is 11.6. The van der Waals surface area contributed by atoms with Crippen LogP contribution in [0.5, 0.6) is 5.75 Å². The topological polar surface area (TPSA) is 84.6 Å². The normalized spacial score (nSPS) is 14.7. The molecule has 1 fully saturated rings. The van der Waals surface area contributed by atoms with E-state index in [1.54, 1.807) is 7.11 Å². The maximum Gasteiger partial charge on any atom is 0.314 e. The van der Waals surface area contributed by atoms with E-state index < -0.39 is 11.4 Å². The fraction of sp³-hybridized carbons (Fsp3) is 0.290. The van der Waals surface area contributed by atoms with Gasteiger partial charge in [-0.05, 0) is 73.9 Å². The zero-order valence-electron chi connectivity index (χ0n) is 21.5. The molecule has 1 heterocycles. The molecule has 0 amide bonds. The van der Waals surface area contributed by atoms with Crippen LogP contribution in [0.15, 0.2) is 77.3 Å². The molecule has 1 unspecified atom stereocenters. The summed E-state index contributed by atoms with van der Waals surface area (Å²) in [4.78, 5) is 11.6. The summed E-state index contributed by atoms with van der Waals surface area (Å²) in [6, 6.07) is 24.5. The number of carboxylic acid groups (broad SMARTS) is 1. The first-order chi connectivity index (χ1) is 17.9. The average molecular weight is 497 g/mol. The lowest BCUT2D eigenvalue weighted by molar-refractivity contribution is -0.140. The quantitative estimate of drug-likeness (QED) is 0.249. The molecule has 37 heavy (non-hydrogen) atoms. The lowest BCUT2D eigenvalue weighted by Gasteiger charge is -2.16. The number of hydrogen-bond acceptors (Lipinski definition) is 5. The van der Waals surface area contributed by atoms with Gasteiger partial charge in [-0.2, -0.15) is 0 Å². The van der Waals surface area contributed by atoms with E-state index in [2.05, 4.69) is 41.7 Å². The standard InChI is InChI=1S/C31H32N2O4/c1-20(4-5-22-6-16-27(36-3)17-7-22)32-28-21(2)33-37-29(28)25-10-8-23(9-11-25)24-12-14-26(15-13-24)31(18-19-31)30(34)35/h6-17,20,32H,4-5,18-19H2,1-3H3,(H,34,35). The van der Waals surface area contributed by atoms with E-state index in [0.29, 0.717) is 12.8 Å². The van der Waals surface area contributed by atoms with Crippen molar-refractivity contribution >= 4 is 11.7 Å². The Morgan fingerprint density at radius 2 is 1.59 bits per heavy atom. The van der Waals surface area contributed by atoms with Crippen molar-refractivity contribution in [2.24, 2.45) is 0 Å². The Labute approximate surface area is 217 Å². The van der Waals surface area contributed by atoms with Crippen LogP contribution in [-0.2, 0) is 16.6 Å². The highest BCUT2D eigenvalue weighted by Crippen LogP contribution is 2.48. The zero-order chi connectivity index (χ0) is 26.0. The largest absolute Gasteiger partial charge is 0.497 e. The number of ether oxygens (including phenoxy) is 1. The van der Waals surface area contributed by atoms with Gasteiger partial charge < -0.3 is 19.7 Å². The van der Waals surface area contributed by atoms with Gasteiger partial charge in [-0.25, -0.2) is 0 Å². The van der Waals surface area contributed by atoms with Crippen LogP contribution < -0.4 is 10.1 Å². The van der Waals surface area contributed by atoms with E-state index in [9.17, 15) is 9.90 Å². The number of benzene rings is 3. The molecule has 1 aliphatic carbocycles. The summed E-state index contributed by atoms with van der Waals surface area (Å²) >= 11 is 0. The van der Waals surface area contributed by atoms with E-state index in [0.717, 1.165) is 58.0 Å². The third-order valence-electron chi connectivity index (χ3n) is 7.36. The van der Waals surface area contributed by atoms with Crippen molar-refractivity contribution in [2.45, 2.75) is 51.0 Å². The second kappa shape index (κ2) is 10.1. The minimum absolute atomic E-state index is 0.234. The molecule has 3 aromatic carbocycles. The van der Waals surface area contributed by atoms with Crippen molar-refractivity contribution < 1.29 is 19.2 Å². The number of anilines is 1. The molecule has 1 atom stereocenters. The van der Waals surface area contributed by atoms with Gasteiger partial charge >= 0.3 is 5.97 Å². The number of aromatic nitrogens is 1. The minimum atomic E-state index is -0.730. The highest BCUT2D eigenvalue weighted by atomic mass is 16.5. The number of aliphatic carboxylic acids is 1. The summed E-state index contributed by atoms with van der Waals surface area (Å²) in [5, 5.41) is 17.4. The van der Waals surface area contributed by atoms with Crippen molar-refractivity contribution in [1.82, 2.24) is 5.16 Å². The van der Waals surface area contributed by atoms with Gasteiger partial charge in [0.05, 0.1) is 12.5 Å². The molecule has 0 radical (unpaired) electrons. The van der Waals surface area contributed by atoms with E-state index in [-0.39, 0.29) is 6.04 Å². The van der Waals surface area contributed by atoms with Crippen LogP contribution in [-0.4, -0.2) is 29.4 Å². The van der Waals surface area contributed by atoms with Gasteiger partial charge in [0.25, 0.3) is 0 Å². The monoisotopic (exact) mass is 496 g/mol. The van der Waals surface area contributed by atoms with Crippen LogP contribution >= 0.6 is 0 Å². The first-order valence-electron chi connectivity index (χ1n) is 12.7. The number of carboxylic acids is 1. The SMILES string of the molecule is COc1ccc(CCC(C)Nc2c(C)noc2-c2ccc(-c3ccc(C4(C(=O)O)CC4)cc3)cc2)cc1. The molecule has 0 bridgehead atoms. The summed E-state index contributed by atoms with van der Waals surface area (Å²) in [5.41, 5.74) is 6.30. The minimum Gasteiger partial charge on any atom is -0.497 e. The molecule has 2 N–H and O–H groups in total. The first-order valence-corrected chi connectivity index (χ1v) is 12.7. The second-order valence-electron chi connectivity index (χ2n) is 9.95. The third kappa shape index (κ3) is 5.10. The average Bonchev–Trinajstić information content (AvgIpc) is 3.67. The molecule has 4 aromatic rings. The Balaban J connectivity index is 1.26. The van der Waals surface area contributed by atoms with Crippen LogP contribution in [0.2, 0.25) is 0 Å². The number of rotatable bonds is 10. The lowest BCUT2D eigenvalue weighted by Crippen LogP contribution is -2.19. The molecule has 6 nitrogen and oxygen atoms in total. The Morgan fingerprint density at radius 1 is 1.00 bits per heavy atom. The third-order valence-corrected chi connectivity index (χ3v) is 7.36. The van der Waals surface area contributed by atoms with Gasteiger partial charge in [0.2, 0.25) is 0 Å². The first kappa shape index (κ1) is 24.6. The molecular formula is C31H32N2O4. The molecule has 0 spiro atoms. The highest BCUT2D eigenvalue weighted by molar-refractivity contribution is 5.85. The Kier molecular flexibility index (Phi) is 6.74.